The number of carbonyl (C=O) groups is 1. The standard InChI is InChI=1S/C30H34Cl2N4O/c1-23(21-35-18-15-33-16-19-35)22-36(30(37)34-26-12-13-28(31)29(32)20-26)17-14-27(24-8-4-2-5-9-24)25-10-6-3-7-11-25/h2-13,20,27,33H,1,14-19,21-22H2,(H,34,37). The molecule has 194 valence electrons. The first-order chi connectivity index (χ1) is 18.0. The lowest BCUT2D eigenvalue weighted by Crippen LogP contribution is -2.45. The van der Waals surface area contributed by atoms with Crippen LogP contribution in [0.4, 0.5) is 10.5 Å². The molecule has 1 saturated heterocycles. The molecule has 4 rings (SSSR count). The Morgan fingerprint density at radius 3 is 2.16 bits per heavy atom. The fourth-order valence-electron chi connectivity index (χ4n) is 4.72. The third kappa shape index (κ3) is 8.08. The van der Waals surface area contributed by atoms with Crippen LogP contribution in [0, 0.1) is 0 Å². The summed E-state index contributed by atoms with van der Waals surface area (Å²) in [5.41, 5.74) is 4.10. The SMILES string of the molecule is C=C(CN1CCNCC1)CN(CCC(c1ccccc1)c1ccccc1)C(=O)Nc1ccc(Cl)c(Cl)c1. The Bertz CT molecular complexity index is 1130. The summed E-state index contributed by atoms with van der Waals surface area (Å²) in [7, 11) is 0. The van der Waals surface area contributed by atoms with Crippen molar-refractivity contribution < 1.29 is 4.79 Å². The van der Waals surface area contributed by atoms with E-state index in [-0.39, 0.29) is 11.9 Å². The second kappa shape index (κ2) is 13.6. The number of piperazine rings is 1. The van der Waals surface area contributed by atoms with E-state index in [0.29, 0.717) is 28.8 Å². The zero-order valence-corrected chi connectivity index (χ0v) is 22.5. The Labute approximate surface area is 230 Å². The molecule has 0 radical (unpaired) electrons. The normalized spacial score (nSPS) is 13.9. The topological polar surface area (TPSA) is 47.6 Å². The Morgan fingerprint density at radius 2 is 1.57 bits per heavy atom. The molecule has 1 heterocycles. The lowest BCUT2D eigenvalue weighted by Gasteiger charge is -2.31. The molecule has 1 fully saturated rings. The first kappa shape index (κ1) is 27.2. The number of rotatable bonds is 10. The van der Waals surface area contributed by atoms with Crippen LogP contribution in [0.15, 0.2) is 91.0 Å². The molecular formula is C30H34Cl2N4O. The van der Waals surface area contributed by atoms with E-state index in [1.54, 1.807) is 18.2 Å². The highest BCUT2D eigenvalue weighted by molar-refractivity contribution is 6.42. The van der Waals surface area contributed by atoms with Gasteiger partial charge in [-0.1, -0.05) is 90.4 Å². The Morgan fingerprint density at radius 1 is 0.946 bits per heavy atom. The summed E-state index contributed by atoms with van der Waals surface area (Å²) in [6.07, 6.45) is 0.781. The van der Waals surface area contributed by atoms with Crippen LogP contribution in [0.3, 0.4) is 0 Å². The number of amides is 2. The van der Waals surface area contributed by atoms with Crippen molar-refractivity contribution in [2.24, 2.45) is 0 Å². The van der Waals surface area contributed by atoms with Crippen LogP contribution in [-0.4, -0.2) is 61.6 Å². The van der Waals surface area contributed by atoms with Crippen LogP contribution >= 0.6 is 23.2 Å². The molecule has 0 aliphatic carbocycles. The third-order valence-corrected chi connectivity index (χ3v) is 7.36. The van der Waals surface area contributed by atoms with Gasteiger partial charge in [-0.05, 0) is 41.3 Å². The second-order valence-corrected chi connectivity index (χ2v) is 10.2. The van der Waals surface area contributed by atoms with Crippen LogP contribution < -0.4 is 10.6 Å². The number of halogens is 2. The smallest absolute Gasteiger partial charge is 0.320 e. The summed E-state index contributed by atoms with van der Waals surface area (Å²) >= 11 is 12.3. The van der Waals surface area contributed by atoms with Crippen molar-refractivity contribution in [1.29, 1.82) is 0 Å². The Kier molecular flexibility index (Phi) is 10.0. The van der Waals surface area contributed by atoms with Gasteiger partial charge < -0.3 is 15.5 Å². The zero-order valence-electron chi connectivity index (χ0n) is 21.0. The van der Waals surface area contributed by atoms with E-state index in [1.165, 1.54) is 11.1 Å². The molecule has 1 aliphatic heterocycles. The number of urea groups is 1. The maximum absolute atomic E-state index is 13.5. The first-order valence-electron chi connectivity index (χ1n) is 12.7. The van der Waals surface area contributed by atoms with Crippen LogP contribution in [-0.2, 0) is 0 Å². The van der Waals surface area contributed by atoms with Crippen molar-refractivity contribution in [3.63, 3.8) is 0 Å². The molecule has 0 aromatic heterocycles. The van der Waals surface area contributed by atoms with Gasteiger partial charge in [0.1, 0.15) is 0 Å². The number of hydrogen-bond donors (Lipinski definition) is 2. The van der Waals surface area contributed by atoms with E-state index in [9.17, 15) is 4.79 Å². The van der Waals surface area contributed by atoms with Gasteiger partial charge in [0.25, 0.3) is 0 Å². The van der Waals surface area contributed by atoms with Crippen molar-refractivity contribution in [2.45, 2.75) is 12.3 Å². The largest absolute Gasteiger partial charge is 0.322 e. The van der Waals surface area contributed by atoms with Gasteiger partial charge in [0.15, 0.2) is 0 Å². The lowest BCUT2D eigenvalue weighted by molar-refractivity contribution is 0.210. The predicted octanol–water partition coefficient (Wildman–Crippen LogP) is 6.51. The molecular weight excluding hydrogens is 503 g/mol. The van der Waals surface area contributed by atoms with Crippen molar-refractivity contribution >= 4 is 34.9 Å². The molecule has 2 amide bonds. The highest BCUT2D eigenvalue weighted by Gasteiger charge is 2.21. The number of carbonyl (C=O) groups excluding carboxylic acids is 1. The van der Waals surface area contributed by atoms with Crippen molar-refractivity contribution in [3.05, 3.63) is 112 Å². The summed E-state index contributed by atoms with van der Waals surface area (Å²) in [4.78, 5) is 17.7. The molecule has 0 unspecified atom stereocenters. The average molecular weight is 538 g/mol. The monoisotopic (exact) mass is 536 g/mol. The van der Waals surface area contributed by atoms with E-state index in [1.807, 2.05) is 17.0 Å². The number of nitrogens with one attached hydrogen (secondary N) is 2. The van der Waals surface area contributed by atoms with Crippen LogP contribution in [0.1, 0.15) is 23.5 Å². The number of hydrogen-bond acceptors (Lipinski definition) is 3. The Balaban J connectivity index is 1.50. The van der Waals surface area contributed by atoms with Gasteiger partial charge in [-0.25, -0.2) is 4.79 Å². The van der Waals surface area contributed by atoms with E-state index in [0.717, 1.165) is 44.7 Å². The summed E-state index contributed by atoms with van der Waals surface area (Å²) in [5.74, 6) is 0.170. The summed E-state index contributed by atoms with van der Waals surface area (Å²) in [6.45, 7) is 10.1. The van der Waals surface area contributed by atoms with E-state index >= 15 is 0 Å². The minimum absolute atomic E-state index is 0.170. The van der Waals surface area contributed by atoms with E-state index < -0.39 is 0 Å². The number of nitrogens with zero attached hydrogens (tertiary/aromatic N) is 2. The van der Waals surface area contributed by atoms with Crippen molar-refractivity contribution in [3.8, 4) is 0 Å². The fraction of sp³-hybridized carbons (Fsp3) is 0.300. The molecule has 1 aliphatic rings. The summed E-state index contributed by atoms with van der Waals surface area (Å²) < 4.78 is 0. The molecule has 37 heavy (non-hydrogen) atoms. The molecule has 0 bridgehead atoms. The lowest BCUT2D eigenvalue weighted by atomic mass is 9.88. The number of anilines is 1. The Hall–Kier alpha value is -2.83. The molecule has 0 saturated carbocycles. The minimum atomic E-state index is -0.181. The average Bonchev–Trinajstić information content (AvgIpc) is 2.92. The predicted molar refractivity (Wildman–Crippen MR) is 155 cm³/mol. The molecule has 0 atom stereocenters. The van der Waals surface area contributed by atoms with E-state index in [2.05, 4.69) is 70.6 Å². The maximum atomic E-state index is 13.5. The number of benzene rings is 3. The highest BCUT2D eigenvalue weighted by atomic mass is 35.5. The summed E-state index contributed by atoms with van der Waals surface area (Å²) in [5, 5.41) is 7.24. The molecule has 5 nitrogen and oxygen atoms in total. The quantitative estimate of drug-likeness (QED) is 0.290. The van der Waals surface area contributed by atoms with Gasteiger partial charge in [0.05, 0.1) is 10.0 Å². The van der Waals surface area contributed by atoms with Gasteiger partial charge in [0, 0.05) is 57.4 Å². The fourth-order valence-corrected chi connectivity index (χ4v) is 5.01. The van der Waals surface area contributed by atoms with Gasteiger partial charge in [-0.3, -0.25) is 4.90 Å². The molecule has 7 heteroatoms. The molecule has 2 N–H and O–H groups in total. The van der Waals surface area contributed by atoms with Gasteiger partial charge in [-0.15, -0.1) is 0 Å². The van der Waals surface area contributed by atoms with Crippen molar-refractivity contribution in [2.75, 3.05) is 51.1 Å². The van der Waals surface area contributed by atoms with Crippen molar-refractivity contribution in [1.82, 2.24) is 15.1 Å². The summed E-state index contributed by atoms with van der Waals surface area (Å²) in [6, 6.07) is 25.9. The first-order valence-corrected chi connectivity index (χ1v) is 13.5. The minimum Gasteiger partial charge on any atom is -0.320 e. The molecule has 3 aromatic carbocycles. The molecule has 0 spiro atoms. The van der Waals surface area contributed by atoms with Crippen LogP contribution in [0.5, 0.6) is 0 Å². The van der Waals surface area contributed by atoms with Gasteiger partial charge in [0.2, 0.25) is 0 Å². The van der Waals surface area contributed by atoms with Crippen LogP contribution in [0.25, 0.3) is 0 Å². The maximum Gasteiger partial charge on any atom is 0.322 e. The van der Waals surface area contributed by atoms with Gasteiger partial charge in [-0.2, -0.15) is 0 Å². The highest BCUT2D eigenvalue weighted by Crippen LogP contribution is 2.29. The van der Waals surface area contributed by atoms with Gasteiger partial charge >= 0.3 is 6.03 Å². The van der Waals surface area contributed by atoms with E-state index in [4.69, 9.17) is 23.2 Å². The zero-order chi connectivity index (χ0) is 26.0. The third-order valence-electron chi connectivity index (χ3n) is 6.62. The van der Waals surface area contributed by atoms with Crippen LogP contribution in [0.2, 0.25) is 10.0 Å². The molecule has 3 aromatic rings. The second-order valence-electron chi connectivity index (χ2n) is 9.42.